The van der Waals surface area contributed by atoms with Gasteiger partial charge in [0.2, 0.25) is 0 Å². The van der Waals surface area contributed by atoms with E-state index in [-0.39, 0.29) is 6.09 Å². The highest BCUT2D eigenvalue weighted by Gasteiger charge is 2.40. The van der Waals surface area contributed by atoms with Gasteiger partial charge in [0.15, 0.2) is 0 Å². The molecule has 3 aliphatic rings. The van der Waals surface area contributed by atoms with Crippen LogP contribution in [0.15, 0.2) is 30.3 Å². The molecule has 0 spiro atoms. The molecule has 0 aromatic heterocycles. The first-order chi connectivity index (χ1) is 12.8. The second-order valence-electron chi connectivity index (χ2n) is 8.06. The van der Waals surface area contributed by atoms with Crippen molar-refractivity contribution in [3.8, 4) is 0 Å². The Labute approximate surface area is 156 Å². The SMILES string of the molecule is O=C(OCc1ccccc1)N1CC2CCC(CN3CCOCC3)CC2C1. The van der Waals surface area contributed by atoms with Gasteiger partial charge in [-0.2, -0.15) is 0 Å². The van der Waals surface area contributed by atoms with Gasteiger partial charge in [-0.25, -0.2) is 4.79 Å². The van der Waals surface area contributed by atoms with Crippen molar-refractivity contribution < 1.29 is 14.3 Å². The summed E-state index contributed by atoms with van der Waals surface area (Å²) >= 11 is 0. The van der Waals surface area contributed by atoms with E-state index in [9.17, 15) is 4.79 Å². The lowest BCUT2D eigenvalue weighted by Gasteiger charge is -2.35. The van der Waals surface area contributed by atoms with Crippen LogP contribution in [0.4, 0.5) is 4.79 Å². The van der Waals surface area contributed by atoms with Gasteiger partial charge in [0.05, 0.1) is 13.2 Å². The first kappa shape index (κ1) is 17.8. The van der Waals surface area contributed by atoms with Crippen LogP contribution in [0.1, 0.15) is 24.8 Å². The number of likely N-dealkylation sites (tertiary alicyclic amines) is 1. The van der Waals surface area contributed by atoms with Crippen LogP contribution in [0, 0.1) is 17.8 Å². The molecule has 4 rings (SSSR count). The third kappa shape index (κ3) is 4.38. The van der Waals surface area contributed by atoms with Crippen LogP contribution in [0.3, 0.4) is 0 Å². The molecule has 1 aliphatic carbocycles. The van der Waals surface area contributed by atoms with Crippen LogP contribution < -0.4 is 0 Å². The number of nitrogens with zero attached hydrogens (tertiary/aromatic N) is 2. The Bertz CT molecular complexity index is 588. The molecule has 0 radical (unpaired) electrons. The molecule has 1 aromatic carbocycles. The molecule has 3 atom stereocenters. The second-order valence-corrected chi connectivity index (χ2v) is 8.06. The predicted molar refractivity (Wildman–Crippen MR) is 99.8 cm³/mol. The van der Waals surface area contributed by atoms with Crippen LogP contribution in [0.5, 0.6) is 0 Å². The summed E-state index contributed by atoms with van der Waals surface area (Å²) in [5.74, 6) is 2.09. The largest absolute Gasteiger partial charge is 0.445 e. The molecule has 1 aromatic rings. The van der Waals surface area contributed by atoms with Crippen molar-refractivity contribution in [2.45, 2.75) is 25.9 Å². The van der Waals surface area contributed by atoms with Crippen LogP contribution in [0.2, 0.25) is 0 Å². The van der Waals surface area contributed by atoms with E-state index >= 15 is 0 Å². The summed E-state index contributed by atoms with van der Waals surface area (Å²) in [7, 11) is 0. The Balaban J connectivity index is 1.24. The van der Waals surface area contributed by atoms with Crippen molar-refractivity contribution in [3.63, 3.8) is 0 Å². The van der Waals surface area contributed by atoms with Gasteiger partial charge >= 0.3 is 6.09 Å². The van der Waals surface area contributed by atoms with Crippen molar-refractivity contribution in [1.29, 1.82) is 0 Å². The fourth-order valence-electron chi connectivity index (χ4n) is 4.80. The standard InChI is InChI=1S/C21H30N2O3/c24-21(26-16-17-4-2-1-3-5-17)23-14-19-7-6-18(12-20(19)15-23)13-22-8-10-25-11-9-22/h1-5,18-20H,6-16H2. The monoisotopic (exact) mass is 358 g/mol. The number of carbonyl (C=O) groups is 1. The molecule has 5 nitrogen and oxygen atoms in total. The summed E-state index contributed by atoms with van der Waals surface area (Å²) < 4.78 is 11.0. The lowest BCUT2D eigenvalue weighted by atomic mass is 9.76. The maximum Gasteiger partial charge on any atom is 0.410 e. The molecule has 142 valence electrons. The third-order valence-electron chi connectivity index (χ3n) is 6.24. The Morgan fingerprint density at radius 3 is 2.65 bits per heavy atom. The van der Waals surface area contributed by atoms with E-state index in [1.165, 1.54) is 25.8 Å². The Kier molecular flexibility index (Phi) is 5.75. The Morgan fingerprint density at radius 1 is 1.08 bits per heavy atom. The molecular formula is C21H30N2O3. The maximum atomic E-state index is 12.4. The topological polar surface area (TPSA) is 42.0 Å². The number of amides is 1. The molecule has 0 N–H and O–H groups in total. The fourth-order valence-corrected chi connectivity index (χ4v) is 4.80. The minimum atomic E-state index is -0.145. The van der Waals surface area contributed by atoms with E-state index in [0.717, 1.165) is 50.9 Å². The van der Waals surface area contributed by atoms with Crippen molar-refractivity contribution in [2.24, 2.45) is 17.8 Å². The van der Waals surface area contributed by atoms with Crippen LogP contribution >= 0.6 is 0 Å². The number of ether oxygens (including phenoxy) is 2. The van der Waals surface area contributed by atoms with Crippen LogP contribution in [-0.4, -0.2) is 61.8 Å². The molecule has 2 heterocycles. The smallest absolute Gasteiger partial charge is 0.410 e. The molecule has 1 saturated carbocycles. The lowest BCUT2D eigenvalue weighted by molar-refractivity contribution is 0.0243. The number of rotatable bonds is 4. The average Bonchev–Trinajstić information content (AvgIpc) is 3.11. The predicted octanol–water partition coefficient (Wildman–Crippen LogP) is 3.00. The van der Waals surface area contributed by atoms with Crippen LogP contribution in [-0.2, 0) is 16.1 Å². The molecule has 0 bridgehead atoms. The molecule has 26 heavy (non-hydrogen) atoms. The van der Waals surface area contributed by atoms with E-state index in [1.54, 1.807) is 0 Å². The van der Waals surface area contributed by atoms with Gasteiger partial charge < -0.3 is 14.4 Å². The summed E-state index contributed by atoms with van der Waals surface area (Å²) in [5, 5.41) is 0. The van der Waals surface area contributed by atoms with E-state index in [4.69, 9.17) is 9.47 Å². The summed E-state index contributed by atoms with van der Waals surface area (Å²) in [4.78, 5) is 16.9. The number of carbonyl (C=O) groups excluding carboxylic acids is 1. The van der Waals surface area contributed by atoms with Gasteiger partial charge in [-0.1, -0.05) is 30.3 Å². The minimum absolute atomic E-state index is 0.145. The highest BCUT2D eigenvalue weighted by Crippen LogP contribution is 2.39. The van der Waals surface area contributed by atoms with Gasteiger partial charge in [0.1, 0.15) is 6.61 Å². The molecule has 1 amide bonds. The van der Waals surface area contributed by atoms with Crippen molar-refractivity contribution >= 4 is 6.09 Å². The first-order valence-electron chi connectivity index (χ1n) is 10.0. The zero-order valence-electron chi connectivity index (χ0n) is 15.5. The number of morpholine rings is 1. The van der Waals surface area contributed by atoms with Crippen LogP contribution in [0.25, 0.3) is 0 Å². The van der Waals surface area contributed by atoms with E-state index < -0.39 is 0 Å². The molecule has 2 saturated heterocycles. The molecular weight excluding hydrogens is 328 g/mol. The lowest BCUT2D eigenvalue weighted by Crippen LogP contribution is -2.41. The maximum absolute atomic E-state index is 12.4. The van der Waals surface area contributed by atoms with Gasteiger partial charge in [-0.3, -0.25) is 4.90 Å². The number of hydrogen-bond donors (Lipinski definition) is 0. The average molecular weight is 358 g/mol. The van der Waals surface area contributed by atoms with E-state index in [0.29, 0.717) is 18.4 Å². The molecule has 3 fully saturated rings. The summed E-state index contributed by atoms with van der Waals surface area (Å²) in [6.45, 7) is 7.21. The van der Waals surface area contributed by atoms with E-state index in [2.05, 4.69) is 4.90 Å². The summed E-state index contributed by atoms with van der Waals surface area (Å²) in [6, 6.07) is 9.91. The Morgan fingerprint density at radius 2 is 1.85 bits per heavy atom. The van der Waals surface area contributed by atoms with Crippen molar-refractivity contribution in [2.75, 3.05) is 45.9 Å². The summed E-state index contributed by atoms with van der Waals surface area (Å²) in [6.07, 6.45) is 3.66. The molecule has 3 unspecified atom stereocenters. The number of hydrogen-bond acceptors (Lipinski definition) is 4. The minimum Gasteiger partial charge on any atom is -0.445 e. The van der Waals surface area contributed by atoms with Gasteiger partial charge in [-0.05, 0) is 42.6 Å². The summed E-state index contributed by atoms with van der Waals surface area (Å²) in [5.41, 5.74) is 1.04. The quantitative estimate of drug-likeness (QED) is 0.830. The van der Waals surface area contributed by atoms with Gasteiger partial charge in [-0.15, -0.1) is 0 Å². The Hall–Kier alpha value is -1.59. The molecule has 2 aliphatic heterocycles. The molecule has 5 heteroatoms. The van der Waals surface area contributed by atoms with Crippen molar-refractivity contribution in [3.05, 3.63) is 35.9 Å². The zero-order valence-corrected chi connectivity index (χ0v) is 15.5. The van der Waals surface area contributed by atoms with Gasteiger partial charge in [0, 0.05) is 32.7 Å². The number of benzene rings is 1. The van der Waals surface area contributed by atoms with Crippen molar-refractivity contribution in [1.82, 2.24) is 9.80 Å². The highest BCUT2D eigenvalue weighted by atomic mass is 16.6. The van der Waals surface area contributed by atoms with Gasteiger partial charge in [0.25, 0.3) is 0 Å². The second kappa shape index (κ2) is 8.40. The normalized spacial score (nSPS) is 29.4. The number of fused-ring (bicyclic) bond motifs is 1. The highest BCUT2D eigenvalue weighted by molar-refractivity contribution is 5.68. The zero-order chi connectivity index (χ0) is 17.8. The fraction of sp³-hybridized carbons (Fsp3) is 0.667. The first-order valence-corrected chi connectivity index (χ1v) is 10.0. The van der Waals surface area contributed by atoms with E-state index in [1.807, 2.05) is 35.2 Å². The third-order valence-corrected chi connectivity index (χ3v) is 6.24.